The first-order valence-corrected chi connectivity index (χ1v) is 8.03. The zero-order valence-electron chi connectivity index (χ0n) is 13.8. The predicted octanol–water partition coefficient (Wildman–Crippen LogP) is 3.84. The second-order valence-corrected chi connectivity index (χ2v) is 6.05. The van der Waals surface area contributed by atoms with Crippen LogP contribution in [0.3, 0.4) is 0 Å². The molecule has 2 aromatic carbocycles. The van der Waals surface area contributed by atoms with Gasteiger partial charge in [0, 0.05) is 24.8 Å². The van der Waals surface area contributed by atoms with E-state index < -0.39 is 0 Å². The maximum Gasteiger partial charge on any atom is 0.0659 e. The quantitative estimate of drug-likeness (QED) is 0.750. The molecule has 0 spiro atoms. The third-order valence-corrected chi connectivity index (χ3v) is 4.10. The van der Waals surface area contributed by atoms with Gasteiger partial charge in [-0.1, -0.05) is 48.5 Å². The number of nitrogens with zero attached hydrogens (tertiary/aromatic N) is 2. The van der Waals surface area contributed by atoms with Crippen LogP contribution >= 0.6 is 0 Å². The van der Waals surface area contributed by atoms with Gasteiger partial charge in [-0.2, -0.15) is 5.10 Å². The Labute approximate surface area is 138 Å². The minimum absolute atomic E-state index is 0.817. The lowest BCUT2D eigenvalue weighted by Gasteiger charge is -2.06. The monoisotopic (exact) mass is 305 g/mol. The van der Waals surface area contributed by atoms with Gasteiger partial charge in [-0.25, -0.2) is 0 Å². The van der Waals surface area contributed by atoms with Crippen LogP contribution in [0.4, 0.5) is 0 Å². The van der Waals surface area contributed by atoms with Crippen molar-refractivity contribution < 1.29 is 0 Å². The van der Waals surface area contributed by atoms with Crippen LogP contribution in [0.1, 0.15) is 27.8 Å². The molecule has 118 valence electrons. The second-order valence-electron chi connectivity index (χ2n) is 6.05. The molecule has 0 saturated carbocycles. The summed E-state index contributed by atoms with van der Waals surface area (Å²) in [6.45, 7) is 6.84. The molecule has 1 aromatic heterocycles. The van der Waals surface area contributed by atoms with Gasteiger partial charge in [-0.05, 0) is 36.1 Å². The Kier molecular flexibility index (Phi) is 4.89. The van der Waals surface area contributed by atoms with Gasteiger partial charge < -0.3 is 5.32 Å². The molecule has 1 heterocycles. The summed E-state index contributed by atoms with van der Waals surface area (Å²) in [6, 6.07) is 17.0. The standard InChI is InChI=1S/C20H23N3/c1-16-8-9-19(10-17(16)2)11-21-12-20-13-22-23(15-20)14-18-6-4-3-5-7-18/h3-10,13,15,21H,11-12,14H2,1-2H3. The normalized spacial score (nSPS) is 10.9. The Hall–Kier alpha value is -2.39. The molecule has 0 radical (unpaired) electrons. The minimum Gasteiger partial charge on any atom is -0.309 e. The smallest absolute Gasteiger partial charge is 0.0659 e. The molecular formula is C20H23N3. The van der Waals surface area contributed by atoms with E-state index in [1.807, 2.05) is 16.9 Å². The summed E-state index contributed by atoms with van der Waals surface area (Å²) in [5, 5.41) is 7.93. The summed E-state index contributed by atoms with van der Waals surface area (Å²) in [5.41, 5.74) is 6.50. The average Bonchev–Trinajstić information content (AvgIpc) is 2.99. The van der Waals surface area contributed by atoms with E-state index >= 15 is 0 Å². The number of nitrogens with one attached hydrogen (secondary N) is 1. The van der Waals surface area contributed by atoms with E-state index in [1.54, 1.807) is 0 Å². The Morgan fingerprint density at radius 3 is 2.43 bits per heavy atom. The van der Waals surface area contributed by atoms with Crippen LogP contribution in [0.25, 0.3) is 0 Å². The van der Waals surface area contributed by atoms with Gasteiger partial charge in [0.2, 0.25) is 0 Å². The zero-order chi connectivity index (χ0) is 16.1. The van der Waals surface area contributed by atoms with Crippen LogP contribution in [-0.2, 0) is 19.6 Å². The first-order valence-electron chi connectivity index (χ1n) is 8.03. The van der Waals surface area contributed by atoms with Crippen molar-refractivity contribution in [1.29, 1.82) is 0 Å². The SMILES string of the molecule is Cc1ccc(CNCc2cnn(Cc3ccccc3)c2)cc1C. The van der Waals surface area contributed by atoms with E-state index in [0.717, 1.165) is 19.6 Å². The summed E-state index contributed by atoms with van der Waals surface area (Å²) in [5.74, 6) is 0. The van der Waals surface area contributed by atoms with E-state index in [9.17, 15) is 0 Å². The number of hydrogen-bond donors (Lipinski definition) is 1. The summed E-state index contributed by atoms with van der Waals surface area (Å²) in [4.78, 5) is 0. The van der Waals surface area contributed by atoms with E-state index in [1.165, 1.54) is 27.8 Å². The average molecular weight is 305 g/mol. The summed E-state index contributed by atoms with van der Waals surface area (Å²) >= 11 is 0. The van der Waals surface area contributed by atoms with E-state index in [0.29, 0.717) is 0 Å². The van der Waals surface area contributed by atoms with Crippen molar-refractivity contribution in [3.63, 3.8) is 0 Å². The number of aryl methyl sites for hydroxylation is 2. The van der Waals surface area contributed by atoms with Crippen LogP contribution in [0, 0.1) is 13.8 Å². The Morgan fingerprint density at radius 1 is 0.870 bits per heavy atom. The van der Waals surface area contributed by atoms with Crippen LogP contribution < -0.4 is 5.32 Å². The minimum atomic E-state index is 0.817. The lowest BCUT2D eigenvalue weighted by molar-refractivity contribution is 0.677. The molecule has 3 heteroatoms. The lowest BCUT2D eigenvalue weighted by Crippen LogP contribution is -2.12. The van der Waals surface area contributed by atoms with Gasteiger partial charge >= 0.3 is 0 Å². The largest absolute Gasteiger partial charge is 0.309 e. The van der Waals surface area contributed by atoms with Crippen LogP contribution in [0.5, 0.6) is 0 Å². The fraction of sp³-hybridized carbons (Fsp3) is 0.250. The fourth-order valence-corrected chi connectivity index (χ4v) is 2.62. The highest BCUT2D eigenvalue weighted by Crippen LogP contribution is 2.10. The number of rotatable bonds is 6. The van der Waals surface area contributed by atoms with Crippen molar-refractivity contribution in [1.82, 2.24) is 15.1 Å². The van der Waals surface area contributed by atoms with E-state index in [4.69, 9.17) is 0 Å². The molecule has 0 atom stereocenters. The van der Waals surface area contributed by atoms with Gasteiger partial charge in [-0.15, -0.1) is 0 Å². The van der Waals surface area contributed by atoms with Crippen molar-refractivity contribution in [3.8, 4) is 0 Å². The molecule has 0 bridgehead atoms. The Bertz CT molecular complexity index is 760. The van der Waals surface area contributed by atoms with Crippen LogP contribution in [0.15, 0.2) is 60.9 Å². The van der Waals surface area contributed by atoms with Crippen LogP contribution in [0.2, 0.25) is 0 Å². The van der Waals surface area contributed by atoms with E-state index in [2.05, 4.69) is 72.9 Å². The van der Waals surface area contributed by atoms with Gasteiger partial charge in [0.25, 0.3) is 0 Å². The highest BCUT2D eigenvalue weighted by Gasteiger charge is 2.01. The summed E-state index contributed by atoms with van der Waals surface area (Å²) in [6.07, 6.45) is 4.05. The number of aromatic nitrogens is 2. The fourth-order valence-electron chi connectivity index (χ4n) is 2.62. The molecule has 0 aliphatic rings. The maximum absolute atomic E-state index is 4.44. The summed E-state index contributed by atoms with van der Waals surface area (Å²) in [7, 11) is 0. The van der Waals surface area contributed by atoms with Crippen molar-refractivity contribution >= 4 is 0 Å². The molecule has 1 N–H and O–H groups in total. The molecule has 0 amide bonds. The Balaban J connectivity index is 1.52. The molecule has 23 heavy (non-hydrogen) atoms. The molecule has 3 rings (SSSR count). The first kappa shape index (κ1) is 15.5. The molecule has 0 unspecified atom stereocenters. The van der Waals surface area contributed by atoms with Crippen molar-refractivity contribution in [2.24, 2.45) is 0 Å². The van der Waals surface area contributed by atoms with Crippen molar-refractivity contribution in [2.75, 3.05) is 0 Å². The highest BCUT2D eigenvalue weighted by atomic mass is 15.3. The predicted molar refractivity (Wildman–Crippen MR) is 94.2 cm³/mol. The number of benzene rings is 2. The molecule has 0 aliphatic heterocycles. The lowest BCUT2D eigenvalue weighted by atomic mass is 10.1. The van der Waals surface area contributed by atoms with Gasteiger partial charge in [0.15, 0.2) is 0 Å². The number of hydrogen-bond acceptors (Lipinski definition) is 2. The van der Waals surface area contributed by atoms with E-state index in [-0.39, 0.29) is 0 Å². The third-order valence-electron chi connectivity index (χ3n) is 4.10. The van der Waals surface area contributed by atoms with Crippen molar-refractivity contribution in [3.05, 3.63) is 88.7 Å². The molecule has 3 nitrogen and oxygen atoms in total. The first-order chi connectivity index (χ1) is 11.2. The molecule has 0 saturated heterocycles. The third kappa shape index (κ3) is 4.30. The van der Waals surface area contributed by atoms with Gasteiger partial charge in [-0.3, -0.25) is 4.68 Å². The summed E-state index contributed by atoms with van der Waals surface area (Å²) < 4.78 is 1.99. The topological polar surface area (TPSA) is 29.9 Å². The van der Waals surface area contributed by atoms with Crippen LogP contribution in [-0.4, -0.2) is 9.78 Å². The molecule has 0 fully saturated rings. The maximum atomic E-state index is 4.44. The van der Waals surface area contributed by atoms with Gasteiger partial charge in [0.1, 0.15) is 0 Å². The van der Waals surface area contributed by atoms with Crippen molar-refractivity contribution in [2.45, 2.75) is 33.5 Å². The molecular weight excluding hydrogens is 282 g/mol. The van der Waals surface area contributed by atoms with Gasteiger partial charge in [0.05, 0.1) is 12.7 Å². The highest BCUT2D eigenvalue weighted by molar-refractivity contribution is 5.29. The second kappa shape index (κ2) is 7.25. The molecule has 0 aliphatic carbocycles. The molecule has 3 aromatic rings. The Morgan fingerprint density at radius 2 is 1.65 bits per heavy atom. The zero-order valence-corrected chi connectivity index (χ0v) is 13.8.